The monoisotopic (exact) mass is 233 g/mol. The summed E-state index contributed by atoms with van der Waals surface area (Å²) >= 11 is 0. The molecular formula is C14H23N3. The van der Waals surface area contributed by atoms with Crippen molar-refractivity contribution in [3.8, 4) is 0 Å². The van der Waals surface area contributed by atoms with Crippen LogP contribution in [0.5, 0.6) is 0 Å². The van der Waals surface area contributed by atoms with E-state index in [1.165, 1.54) is 19.6 Å². The van der Waals surface area contributed by atoms with Crippen molar-refractivity contribution in [2.45, 2.75) is 27.7 Å². The number of nitrogen functional groups attached to an aromatic ring is 1. The number of nitrogens with two attached hydrogens (primary N) is 1. The third kappa shape index (κ3) is 5.94. The van der Waals surface area contributed by atoms with Crippen molar-refractivity contribution in [3.05, 3.63) is 35.2 Å². The molecule has 94 valence electrons. The van der Waals surface area contributed by atoms with Crippen molar-refractivity contribution in [2.24, 2.45) is 0 Å². The molecule has 0 saturated carbocycles. The number of benzene rings is 1. The van der Waals surface area contributed by atoms with Gasteiger partial charge >= 0.3 is 0 Å². The first-order valence-electron chi connectivity index (χ1n) is 6.04. The van der Waals surface area contributed by atoms with Crippen LogP contribution in [-0.2, 0) is 0 Å². The molecule has 0 aromatic heterocycles. The fourth-order valence-electron chi connectivity index (χ4n) is 1.47. The first kappa shape index (κ1) is 15.5. The fourth-order valence-corrected chi connectivity index (χ4v) is 1.47. The molecule has 0 spiro atoms. The Morgan fingerprint density at radius 1 is 1.18 bits per heavy atom. The first-order chi connectivity index (χ1) is 8.08. The van der Waals surface area contributed by atoms with Crippen LogP contribution in [0.15, 0.2) is 18.2 Å². The molecule has 0 bridgehead atoms. The topological polar surface area (TPSA) is 33.6 Å². The summed E-state index contributed by atoms with van der Waals surface area (Å²) in [6.07, 6.45) is 0. The summed E-state index contributed by atoms with van der Waals surface area (Å²) in [5.74, 6) is 0. The molecule has 0 saturated heterocycles. The molecule has 0 radical (unpaired) electrons. The van der Waals surface area contributed by atoms with Gasteiger partial charge in [-0.1, -0.05) is 26.8 Å². The molecule has 0 unspecified atom stereocenters. The third-order valence-corrected chi connectivity index (χ3v) is 2.68. The molecule has 0 aliphatic rings. The van der Waals surface area contributed by atoms with E-state index in [1.807, 2.05) is 6.92 Å². The Morgan fingerprint density at radius 3 is 2.00 bits per heavy atom. The Kier molecular flexibility index (Phi) is 7.83. The second-order valence-electron chi connectivity index (χ2n) is 3.78. The van der Waals surface area contributed by atoms with Gasteiger partial charge in [-0.2, -0.15) is 0 Å². The van der Waals surface area contributed by atoms with Crippen LogP contribution in [0.2, 0.25) is 0 Å². The lowest BCUT2D eigenvalue weighted by Crippen LogP contribution is -2.21. The molecule has 0 aliphatic heterocycles. The summed E-state index contributed by atoms with van der Waals surface area (Å²) in [6, 6.07) is 5.27. The van der Waals surface area contributed by atoms with Crippen molar-refractivity contribution in [3.63, 3.8) is 0 Å². The van der Waals surface area contributed by atoms with Crippen LogP contribution in [0, 0.1) is 13.5 Å². The van der Waals surface area contributed by atoms with Crippen molar-refractivity contribution >= 4 is 11.4 Å². The fraction of sp³-hybridized carbons (Fsp3) is 0.500. The van der Waals surface area contributed by atoms with Gasteiger partial charge in [-0.05, 0) is 44.3 Å². The molecule has 1 aromatic carbocycles. The summed E-state index contributed by atoms with van der Waals surface area (Å²) in [7, 11) is 0. The number of rotatable bonds is 3. The minimum absolute atomic E-state index is 0.675. The lowest BCUT2D eigenvalue weighted by atomic mass is 10.2. The maximum Gasteiger partial charge on any atom is 0.190 e. The molecule has 1 aromatic rings. The maximum atomic E-state index is 6.74. The molecule has 3 heteroatoms. The largest absolute Gasteiger partial charge is 0.399 e. The van der Waals surface area contributed by atoms with E-state index >= 15 is 0 Å². The van der Waals surface area contributed by atoms with Gasteiger partial charge in [0.1, 0.15) is 0 Å². The normalized spacial score (nSPS) is 9.41. The van der Waals surface area contributed by atoms with Gasteiger partial charge in [0.15, 0.2) is 5.69 Å². The zero-order valence-corrected chi connectivity index (χ0v) is 11.3. The van der Waals surface area contributed by atoms with Gasteiger partial charge in [-0.3, -0.25) is 0 Å². The Morgan fingerprint density at radius 2 is 1.71 bits per heavy atom. The molecule has 0 heterocycles. The summed E-state index contributed by atoms with van der Waals surface area (Å²) < 4.78 is 0. The SMILES string of the molecule is CCN(CC)CC.[C-]#[N+]c1ccc(N)cc1C. The van der Waals surface area contributed by atoms with Gasteiger partial charge in [0.05, 0.1) is 6.57 Å². The number of anilines is 1. The lowest BCUT2D eigenvalue weighted by Gasteiger charge is -2.13. The van der Waals surface area contributed by atoms with Crippen LogP contribution in [-0.4, -0.2) is 24.5 Å². The number of aryl methyl sites for hydroxylation is 1. The van der Waals surface area contributed by atoms with E-state index in [-0.39, 0.29) is 0 Å². The van der Waals surface area contributed by atoms with E-state index in [2.05, 4.69) is 30.5 Å². The predicted octanol–water partition coefficient (Wildman–Crippen LogP) is 3.48. The molecular weight excluding hydrogens is 210 g/mol. The molecule has 0 atom stereocenters. The van der Waals surface area contributed by atoms with Gasteiger partial charge in [-0.15, -0.1) is 0 Å². The van der Waals surface area contributed by atoms with Gasteiger partial charge in [0.25, 0.3) is 0 Å². The van der Waals surface area contributed by atoms with E-state index in [4.69, 9.17) is 12.3 Å². The highest BCUT2D eigenvalue weighted by atomic mass is 15.1. The van der Waals surface area contributed by atoms with Crippen molar-refractivity contribution in [1.29, 1.82) is 0 Å². The van der Waals surface area contributed by atoms with Gasteiger partial charge < -0.3 is 10.6 Å². The van der Waals surface area contributed by atoms with E-state index in [9.17, 15) is 0 Å². The molecule has 3 nitrogen and oxygen atoms in total. The summed E-state index contributed by atoms with van der Waals surface area (Å²) in [4.78, 5) is 5.68. The van der Waals surface area contributed by atoms with Crippen LogP contribution in [0.4, 0.5) is 11.4 Å². The molecule has 0 fully saturated rings. The zero-order valence-electron chi connectivity index (χ0n) is 11.3. The molecule has 17 heavy (non-hydrogen) atoms. The van der Waals surface area contributed by atoms with Gasteiger partial charge in [0, 0.05) is 5.69 Å². The number of hydrogen-bond donors (Lipinski definition) is 1. The number of hydrogen-bond acceptors (Lipinski definition) is 2. The summed E-state index contributed by atoms with van der Waals surface area (Å²) in [5.41, 5.74) is 7.81. The third-order valence-electron chi connectivity index (χ3n) is 2.68. The molecule has 2 N–H and O–H groups in total. The van der Waals surface area contributed by atoms with E-state index in [1.54, 1.807) is 18.2 Å². The second kappa shape index (κ2) is 8.60. The first-order valence-corrected chi connectivity index (χ1v) is 6.04. The highest BCUT2D eigenvalue weighted by Crippen LogP contribution is 2.19. The van der Waals surface area contributed by atoms with Crippen LogP contribution < -0.4 is 5.73 Å². The highest BCUT2D eigenvalue weighted by molar-refractivity contribution is 5.57. The Balaban J connectivity index is 0.000000325. The van der Waals surface area contributed by atoms with Crippen LogP contribution in [0.1, 0.15) is 26.3 Å². The van der Waals surface area contributed by atoms with Crippen molar-refractivity contribution in [2.75, 3.05) is 25.4 Å². The maximum absolute atomic E-state index is 6.74. The Hall–Kier alpha value is -1.53. The smallest absolute Gasteiger partial charge is 0.190 e. The van der Waals surface area contributed by atoms with Crippen LogP contribution >= 0.6 is 0 Å². The molecule has 0 amide bonds. The molecule has 1 rings (SSSR count). The summed E-state index contributed by atoms with van der Waals surface area (Å²) in [5, 5.41) is 0. The van der Waals surface area contributed by atoms with Gasteiger partial charge in [0.2, 0.25) is 0 Å². The Labute approximate surface area is 105 Å². The molecule has 0 aliphatic carbocycles. The van der Waals surface area contributed by atoms with Crippen LogP contribution in [0.3, 0.4) is 0 Å². The Bertz CT molecular complexity index is 357. The highest BCUT2D eigenvalue weighted by Gasteiger charge is 1.94. The van der Waals surface area contributed by atoms with Crippen molar-refractivity contribution < 1.29 is 0 Å². The second-order valence-corrected chi connectivity index (χ2v) is 3.78. The van der Waals surface area contributed by atoms with Crippen LogP contribution in [0.25, 0.3) is 4.85 Å². The zero-order chi connectivity index (χ0) is 13.3. The quantitative estimate of drug-likeness (QED) is 0.640. The predicted molar refractivity (Wildman–Crippen MR) is 75.3 cm³/mol. The standard InChI is InChI=1S/C8H8N2.C6H15N/c1-6-5-7(9)3-4-8(6)10-2;1-4-7(5-2)6-3/h3-5H,9H2,1H3;4-6H2,1-3H3. The summed E-state index contributed by atoms with van der Waals surface area (Å²) in [6.45, 7) is 18.7. The van der Waals surface area contributed by atoms with E-state index in [0.29, 0.717) is 11.4 Å². The average Bonchev–Trinajstić information content (AvgIpc) is 2.32. The number of nitrogens with zero attached hydrogens (tertiary/aromatic N) is 2. The minimum Gasteiger partial charge on any atom is -0.399 e. The van der Waals surface area contributed by atoms with Crippen molar-refractivity contribution in [1.82, 2.24) is 4.90 Å². The van der Waals surface area contributed by atoms with E-state index in [0.717, 1.165) is 5.56 Å². The minimum atomic E-state index is 0.675. The van der Waals surface area contributed by atoms with E-state index < -0.39 is 0 Å². The lowest BCUT2D eigenvalue weighted by molar-refractivity contribution is 0.321. The van der Waals surface area contributed by atoms with Gasteiger partial charge in [-0.25, -0.2) is 4.85 Å². The average molecular weight is 233 g/mol.